The van der Waals surface area contributed by atoms with Crippen LogP contribution in [0.3, 0.4) is 0 Å². The Hall–Kier alpha value is -0.0500. The molecule has 0 saturated heterocycles. The van der Waals surface area contributed by atoms with Crippen LogP contribution in [0.25, 0.3) is 0 Å². The molecule has 0 aromatic heterocycles. The molecule has 3 heteroatoms. The van der Waals surface area contributed by atoms with E-state index < -0.39 is 0 Å². The number of aryl methyl sites for hydroxylation is 2. The maximum atomic E-state index is 3.94. The highest BCUT2D eigenvalue weighted by Gasteiger charge is 2.01. The first kappa shape index (κ1) is 11.0. The van der Waals surface area contributed by atoms with E-state index in [0.717, 1.165) is 10.2 Å². The Morgan fingerprint density at radius 2 is 1.55 bits per heavy atom. The van der Waals surface area contributed by atoms with Crippen molar-refractivity contribution >= 4 is 21.6 Å². The van der Waals surface area contributed by atoms with E-state index >= 15 is 0 Å². The third-order valence-corrected chi connectivity index (χ3v) is 2.12. The molecule has 0 bridgehead atoms. The van der Waals surface area contributed by atoms with Gasteiger partial charge in [-0.3, -0.25) is 0 Å². The third kappa shape index (κ3) is 2.47. The van der Waals surface area contributed by atoms with Gasteiger partial charge in [-0.25, -0.2) is 0 Å². The first-order valence-corrected chi connectivity index (χ1v) is 3.99. The molecule has 0 saturated carbocycles. The highest BCUT2D eigenvalue weighted by Crippen LogP contribution is 2.20. The van der Waals surface area contributed by atoms with E-state index in [2.05, 4.69) is 47.6 Å². The van der Waals surface area contributed by atoms with Crippen molar-refractivity contribution < 1.29 is 18.1 Å². The molecule has 0 amide bonds. The summed E-state index contributed by atoms with van der Waals surface area (Å²) in [4.78, 5) is 0. The summed E-state index contributed by atoms with van der Waals surface area (Å²) in [5.41, 5.74) is 7.57. The summed E-state index contributed by atoms with van der Waals surface area (Å²) in [6, 6.07) is 4.16. The van der Waals surface area contributed by atoms with Crippen LogP contribution in [-0.2, 0) is 0 Å². The van der Waals surface area contributed by atoms with Gasteiger partial charge in [-0.05, 0) is 26.0 Å². The molecule has 1 nitrogen and oxygen atoms in total. The minimum Gasteiger partial charge on any atom is -1.00 e. The van der Waals surface area contributed by atoms with Crippen LogP contribution in [0.4, 0.5) is 5.69 Å². The van der Waals surface area contributed by atoms with Gasteiger partial charge in [0.15, 0.2) is 0 Å². The smallest absolute Gasteiger partial charge is 0.133 e. The van der Waals surface area contributed by atoms with Gasteiger partial charge in [0.1, 0.15) is 5.69 Å². The second-order valence-corrected chi connectivity index (χ2v) is 3.43. The van der Waals surface area contributed by atoms with Crippen molar-refractivity contribution in [2.24, 2.45) is 0 Å². The standard InChI is InChI=1S/C8H10BrN.ClH/c1-5-3-7(9)4-6(2)8(5)10;/h3-4H,10H2,1-2H3;1H. The van der Waals surface area contributed by atoms with Crippen molar-refractivity contribution in [1.29, 1.82) is 0 Å². The molecule has 1 rings (SSSR count). The predicted octanol–water partition coefficient (Wildman–Crippen LogP) is -1.06. The number of hydrogen-bond acceptors (Lipinski definition) is 0. The molecule has 1 aromatic rings. The molecular weight excluding hydrogens is 225 g/mol. The van der Waals surface area contributed by atoms with E-state index in [4.69, 9.17) is 0 Å². The third-order valence-electron chi connectivity index (χ3n) is 1.66. The van der Waals surface area contributed by atoms with Crippen LogP contribution in [0.2, 0.25) is 0 Å². The Morgan fingerprint density at radius 3 is 1.91 bits per heavy atom. The zero-order valence-corrected chi connectivity index (χ0v) is 8.96. The van der Waals surface area contributed by atoms with Gasteiger partial charge >= 0.3 is 0 Å². The Bertz CT molecular complexity index is 237. The molecule has 0 fully saturated rings. The van der Waals surface area contributed by atoms with Crippen LogP contribution in [0.5, 0.6) is 0 Å². The maximum absolute atomic E-state index is 3.94. The van der Waals surface area contributed by atoms with Crippen molar-refractivity contribution in [2.45, 2.75) is 13.8 Å². The van der Waals surface area contributed by atoms with Gasteiger partial charge in [0.25, 0.3) is 0 Å². The highest BCUT2D eigenvalue weighted by molar-refractivity contribution is 9.10. The number of halogens is 2. The van der Waals surface area contributed by atoms with Gasteiger partial charge in [0, 0.05) is 15.6 Å². The molecule has 0 radical (unpaired) electrons. The topological polar surface area (TPSA) is 27.6 Å². The molecule has 0 aliphatic heterocycles. The molecule has 0 spiro atoms. The van der Waals surface area contributed by atoms with E-state index in [0.29, 0.717) is 0 Å². The maximum Gasteiger partial charge on any atom is 0.133 e. The fraction of sp³-hybridized carbons (Fsp3) is 0.250. The Labute approximate surface area is 81.5 Å². The van der Waals surface area contributed by atoms with Gasteiger partial charge in [-0.1, -0.05) is 15.9 Å². The lowest BCUT2D eigenvalue weighted by Gasteiger charge is -1.99. The summed E-state index contributed by atoms with van der Waals surface area (Å²) in [7, 11) is 0. The number of benzene rings is 1. The van der Waals surface area contributed by atoms with Gasteiger partial charge in [0.05, 0.1) is 0 Å². The first-order valence-electron chi connectivity index (χ1n) is 3.20. The van der Waals surface area contributed by atoms with Crippen LogP contribution >= 0.6 is 15.9 Å². The largest absolute Gasteiger partial charge is 1.00 e. The van der Waals surface area contributed by atoms with E-state index in [1.807, 2.05) is 0 Å². The summed E-state index contributed by atoms with van der Waals surface area (Å²) in [5.74, 6) is 0. The summed E-state index contributed by atoms with van der Waals surface area (Å²) < 4.78 is 1.13. The van der Waals surface area contributed by atoms with Crippen LogP contribution < -0.4 is 18.1 Å². The van der Waals surface area contributed by atoms with Gasteiger partial charge in [0.2, 0.25) is 0 Å². The van der Waals surface area contributed by atoms with Crippen molar-refractivity contribution in [3.63, 3.8) is 0 Å². The van der Waals surface area contributed by atoms with Gasteiger partial charge in [-0.15, -0.1) is 0 Å². The van der Waals surface area contributed by atoms with Crippen LogP contribution in [-0.4, -0.2) is 0 Å². The van der Waals surface area contributed by atoms with Crippen molar-refractivity contribution in [1.82, 2.24) is 0 Å². The first-order chi connectivity index (χ1) is 4.61. The SMILES string of the molecule is Cc1cc(Br)cc(C)c1[NH3+].[Cl-]. The second kappa shape index (κ2) is 4.10. The molecule has 0 aliphatic rings. The Balaban J connectivity index is 0.000001000. The number of rotatable bonds is 0. The molecule has 62 valence electrons. The quantitative estimate of drug-likeness (QED) is 0.595. The minimum atomic E-state index is 0. The number of quaternary nitrogens is 1. The number of hydrogen-bond donors (Lipinski definition) is 1. The average Bonchev–Trinajstić information content (AvgIpc) is 1.82. The molecule has 3 N–H and O–H groups in total. The molecule has 0 heterocycles. The lowest BCUT2D eigenvalue weighted by molar-refractivity contribution is -0.256. The van der Waals surface area contributed by atoms with E-state index in [9.17, 15) is 0 Å². The fourth-order valence-electron chi connectivity index (χ4n) is 0.941. The Morgan fingerprint density at radius 1 is 1.18 bits per heavy atom. The Kier molecular flexibility index (Phi) is 4.08. The van der Waals surface area contributed by atoms with Crippen molar-refractivity contribution in [2.75, 3.05) is 0 Å². The molecule has 0 aliphatic carbocycles. The van der Waals surface area contributed by atoms with Crippen LogP contribution in [0.15, 0.2) is 16.6 Å². The zero-order valence-electron chi connectivity index (χ0n) is 6.62. The second-order valence-electron chi connectivity index (χ2n) is 2.52. The summed E-state index contributed by atoms with van der Waals surface area (Å²) in [5, 5.41) is 0. The van der Waals surface area contributed by atoms with E-state index in [-0.39, 0.29) is 12.4 Å². The zero-order chi connectivity index (χ0) is 7.72. The predicted molar refractivity (Wildman–Crippen MR) is 46.2 cm³/mol. The average molecular weight is 237 g/mol. The molecular formula is C8H11BrClN. The highest BCUT2D eigenvalue weighted by atomic mass is 79.9. The summed E-state index contributed by atoms with van der Waals surface area (Å²) in [6.07, 6.45) is 0. The van der Waals surface area contributed by atoms with Crippen LogP contribution in [0.1, 0.15) is 11.1 Å². The van der Waals surface area contributed by atoms with Gasteiger partial charge < -0.3 is 18.1 Å². The summed E-state index contributed by atoms with van der Waals surface area (Å²) in [6.45, 7) is 4.14. The molecule has 1 aromatic carbocycles. The molecule has 11 heavy (non-hydrogen) atoms. The normalized spacial score (nSPS) is 9.09. The lowest BCUT2D eigenvalue weighted by atomic mass is 10.1. The minimum absolute atomic E-state index is 0. The van der Waals surface area contributed by atoms with Gasteiger partial charge in [-0.2, -0.15) is 0 Å². The fourth-order valence-corrected chi connectivity index (χ4v) is 1.63. The molecule has 0 atom stereocenters. The lowest BCUT2D eigenvalue weighted by Crippen LogP contribution is -3.00. The van der Waals surface area contributed by atoms with Crippen LogP contribution in [0, 0.1) is 13.8 Å². The van der Waals surface area contributed by atoms with Crippen molar-refractivity contribution in [3.8, 4) is 0 Å². The van der Waals surface area contributed by atoms with E-state index in [1.165, 1.54) is 11.1 Å². The monoisotopic (exact) mass is 235 g/mol. The van der Waals surface area contributed by atoms with E-state index in [1.54, 1.807) is 0 Å². The summed E-state index contributed by atoms with van der Waals surface area (Å²) >= 11 is 3.42. The van der Waals surface area contributed by atoms with Crippen molar-refractivity contribution in [3.05, 3.63) is 27.7 Å². The molecule has 0 unspecified atom stereocenters.